The number of rotatable bonds is 8. The molecule has 0 atom stereocenters. The molecule has 0 saturated heterocycles. The molecule has 2 rings (SSSR count). The summed E-state index contributed by atoms with van der Waals surface area (Å²) in [6.45, 7) is 2.46. The lowest BCUT2D eigenvalue weighted by atomic mass is 10.2. The molecule has 1 N–H and O–H groups in total. The molecule has 140 valence electrons. The van der Waals surface area contributed by atoms with Crippen LogP contribution in [0.5, 0.6) is 0 Å². The first-order valence-electron chi connectivity index (χ1n) is 8.32. The van der Waals surface area contributed by atoms with Gasteiger partial charge >= 0.3 is 0 Å². The maximum absolute atomic E-state index is 12.2. The van der Waals surface area contributed by atoms with Gasteiger partial charge in [0.25, 0.3) is 0 Å². The Morgan fingerprint density at radius 2 is 1.81 bits per heavy atom. The van der Waals surface area contributed by atoms with Gasteiger partial charge in [0.15, 0.2) is 0 Å². The molecule has 0 spiro atoms. The first kappa shape index (κ1) is 20.3. The molecule has 2 aromatic rings. The number of nitrogens with one attached hydrogen (secondary N) is 1. The van der Waals surface area contributed by atoms with Crippen LogP contribution < -0.4 is 9.62 Å². The van der Waals surface area contributed by atoms with Gasteiger partial charge in [0, 0.05) is 24.5 Å². The zero-order valence-corrected chi connectivity index (χ0v) is 16.5. The average molecular weight is 395 g/mol. The predicted octanol–water partition coefficient (Wildman–Crippen LogP) is 3.51. The van der Waals surface area contributed by atoms with Crippen molar-refractivity contribution in [2.45, 2.75) is 26.3 Å². The maximum Gasteiger partial charge on any atom is 0.232 e. The average Bonchev–Trinajstić information content (AvgIpc) is 2.60. The van der Waals surface area contributed by atoms with E-state index in [9.17, 15) is 13.2 Å². The Labute approximate surface area is 160 Å². The topological polar surface area (TPSA) is 66.5 Å². The van der Waals surface area contributed by atoms with Crippen molar-refractivity contribution < 1.29 is 13.2 Å². The van der Waals surface area contributed by atoms with E-state index < -0.39 is 10.0 Å². The van der Waals surface area contributed by atoms with Gasteiger partial charge in [0.1, 0.15) is 0 Å². The Balaban J connectivity index is 1.94. The summed E-state index contributed by atoms with van der Waals surface area (Å²) in [5, 5.41) is 3.35. The summed E-state index contributed by atoms with van der Waals surface area (Å²) < 4.78 is 25.6. The van der Waals surface area contributed by atoms with E-state index in [1.165, 1.54) is 4.31 Å². The molecule has 7 heteroatoms. The Morgan fingerprint density at radius 3 is 2.46 bits per heavy atom. The van der Waals surface area contributed by atoms with Crippen molar-refractivity contribution in [1.29, 1.82) is 0 Å². The smallest absolute Gasteiger partial charge is 0.232 e. The van der Waals surface area contributed by atoms with E-state index in [1.807, 2.05) is 30.3 Å². The number of carbonyl (C=O) groups excluding carboxylic acids is 1. The van der Waals surface area contributed by atoms with Crippen molar-refractivity contribution in [2.24, 2.45) is 0 Å². The normalized spacial score (nSPS) is 11.2. The largest absolute Gasteiger partial charge is 0.352 e. The molecule has 0 aliphatic heterocycles. The number of nitrogens with zero attached hydrogens (tertiary/aromatic N) is 1. The third-order valence-corrected chi connectivity index (χ3v) is 5.60. The number of hydrogen-bond donors (Lipinski definition) is 1. The molecule has 0 aliphatic rings. The summed E-state index contributed by atoms with van der Waals surface area (Å²) in [6.07, 6.45) is 1.82. The van der Waals surface area contributed by atoms with Gasteiger partial charge in [-0.1, -0.05) is 48.0 Å². The van der Waals surface area contributed by atoms with Crippen LogP contribution in [-0.2, 0) is 21.4 Å². The van der Waals surface area contributed by atoms with E-state index >= 15 is 0 Å². The van der Waals surface area contributed by atoms with Gasteiger partial charge in [-0.3, -0.25) is 9.10 Å². The van der Waals surface area contributed by atoms with Crippen LogP contribution in [-0.4, -0.2) is 27.1 Å². The van der Waals surface area contributed by atoms with Gasteiger partial charge in [-0.25, -0.2) is 8.42 Å². The Kier molecular flexibility index (Phi) is 7.06. The molecule has 0 saturated carbocycles. The summed E-state index contributed by atoms with van der Waals surface area (Å²) >= 11 is 6.11. The first-order valence-corrected chi connectivity index (χ1v) is 10.5. The van der Waals surface area contributed by atoms with E-state index in [1.54, 1.807) is 25.1 Å². The van der Waals surface area contributed by atoms with E-state index in [-0.39, 0.29) is 18.9 Å². The van der Waals surface area contributed by atoms with Crippen LogP contribution >= 0.6 is 11.6 Å². The maximum atomic E-state index is 12.2. The zero-order valence-electron chi connectivity index (χ0n) is 14.9. The monoisotopic (exact) mass is 394 g/mol. The lowest BCUT2D eigenvalue weighted by Crippen LogP contribution is -2.32. The lowest BCUT2D eigenvalue weighted by molar-refractivity contribution is -0.121. The van der Waals surface area contributed by atoms with Crippen LogP contribution in [0.25, 0.3) is 0 Å². The molecule has 0 aliphatic carbocycles. The molecule has 26 heavy (non-hydrogen) atoms. The SMILES string of the molecule is Cc1c(Cl)cccc1N(CCCC(=O)NCc1ccccc1)S(C)(=O)=O. The predicted molar refractivity (Wildman–Crippen MR) is 106 cm³/mol. The van der Waals surface area contributed by atoms with Crippen molar-refractivity contribution in [3.63, 3.8) is 0 Å². The van der Waals surface area contributed by atoms with Gasteiger partial charge in [-0.05, 0) is 36.6 Å². The highest BCUT2D eigenvalue weighted by Gasteiger charge is 2.20. The molecule has 2 aromatic carbocycles. The second kappa shape index (κ2) is 9.05. The molecular weight excluding hydrogens is 372 g/mol. The van der Waals surface area contributed by atoms with Gasteiger partial charge in [0.05, 0.1) is 11.9 Å². The summed E-state index contributed by atoms with van der Waals surface area (Å²) in [7, 11) is -3.47. The first-order chi connectivity index (χ1) is 12.3. The minimum absolute atomic E-state index is 0.106. The van der Waals surface area contributed by atoms with Gasteiger partial charge in [0.2, 0.25) is 15.9 Å². The van der Waals surface area contributed by atoms with Crippen molar-refractivity contribution in [1.82, 2.24) is 5.32 Å². The van der Waals surface area contributed by atoms with Crippen molar-refractivity contribution >= 4 is 33.2 Å². The van der Waals surface area contributed by atoms with Crippen LogP contribution in [0, 0.1) is 6.92 Å². The van der Waals surface area contributed by atoms with E-state index in [2.05, 4.69) is 5.32 Å². The fourth-order valence-corrected chi connectivity index (χ4v) is 3.78. The zero-order chi connectivity index (χ0) is 19.2. The van der Waals surface area contributed by atoms with E-state index in [4.69, 9.17) is 11.6 Å². The number of anilines is 1. The van der Waals surface area contributed by atoms with Crippen molar-refractivity contribution in [3.8, 4) is 0 Å². The number of amides is 1. The number of carbonyl (C=O) groups is 1. The molecule has 0 radical (unpaired) electrons. The van der Waals surface area contributed by atoms with Gasteiger partial charge in [-0.2, -0.15) is 0 Å². The molecule has 0 heterocycles. The molecule has 0 unspecified atom stereocenters. The summed E-state index contributed by atoms with van der Waals surface area (Å²) in [5.41, 5.74) is 2.27. The van der Waals surface area contributed by atoms with Crippen LogP contribution in [0.4, 0.5) is 5.69 Å². The highest BCUT2D eigenvalue weighted by Crippen LogP contribution is 2.28. The van der Waals surface area contributed by atoms with Crippen LogP contribution in [0.1, 0.15) is 24.0 Å². The third kappa shape index (κ3) is 5.75. The fraction of sp³-hybridized carbons (Fsp3) is 0.316. The Bertz CT molecular complexity index is 854. The fourth-order valence-electron chi connectivity index (χ4n) is 2.60. The molecular formula is C19H23ClN2O3S. The number of halogens is 1. The molecule has 0 bridgehead atoms. The number of benzene rings is 2. The summed E-state index contributed by atoms with van der Waals surface area (Å²) in [6, 6.07) is 14.8. The molecule has 0 fully saturated rings. The Hall–Kier alpha value is -2.05. The van der Waals surface area contributed by atoms with Crippen LogP contribution in [0.15, 0.2) is 48.5 Å². The standard InChI is InChI=1S/C19H23ClN2O3S/c1-15-17(20)10-6-11-18(15)22(26(2,24)25)13-7-12-19(23)21-14-16-8-4-3-5-9-16/h3-6,8-11H,7,12-14H2,1-2H3,(H,21,23). The quantitative estimate of drug-likeness (QED) is 0.745. The van der Waals surface area contributed by atoms with Crippen LogP contribution in [0.2, 0.25) is 5.02 Å². The number of hydrogen-bond acceptors (Lipinski definition) is 3. The van der Waals surface area contributed by atoms with Gasteiger partial charge in [-0.15, -0.1) is 0 Å². The summed E-state index contributed by atoms with van der Waals surface area (Å²) in [5.74, 6) is -0.106. The molecule has 5 nitrogen and oxygen atoms in total. The molecule has 1 amide bonds. The number of sulfonamides is 1. The minimum Gasteiger partial charge on any atom is -0.352 e. The van der Waals surface area contributed by atoms with Crippen molar-refractivity contribution in [2.75, 3.05) is 17.1 Å². The highest BCUT2D eigenvalue weighted by atomic mass is 35.5. The second-order valence-corrected chi connectivity index (χ2v) is 8.40. The third-order valence-electron chi connectivity index (χ3n) is 4.01. The van der Waals surface area contributed by atoms with E-state index in [0.29, 0.717) is 29.2 Å². The lowest BCUT2D eigenvalue weighted by Gasteiger charge is -2.24. The van der Waals surface area contributed by atoms with Crippen molar-refractivity contribution in [3.05, 3.63) is 64.7 Å². The highest BCUT2D eigenvalue weighted by molar-refractivity contribution is 7.92. The molecule has 0 aromatic heterocycles. The minimum atomic E-state index is -3.47. The van der Waals surface area contributed by atoms with Gasteiger partial charge < -0.3 is 5.32 Å². The summed E-state index contributed by atoms with van der Waals surface area (Å²) in [4.78, 5) is 12.0. The Morgan fingerprint density at radius 1 is 1.12 bits per heavy atom. The van der Waals surface area contributed by atoms with Crippen LogP contribution in [0.3, 0.4) is 0 Å². The van der Waals surface area contributed by atoms with E-state index in [0.717, 1.165) is 11.8 Å². The second-order valence-electron chi connectivity index (χ2n) is 6.08.